The van der Waals surface area contributed by atoms with Gasteiger partial charge in [-0.3, -0.25) is 9.19 Å². The number of hydrogen-bond acceptors (Lipinski definition) is 6. The molecule has 0 fully saturated rings. The summed E-state index contributed by atoms with van der Waals surface area (Å²) < 4.78 is 51.5. The molecule has 0 N–H and O–H groups in total. The molecular weight excluding hydrogens is 488 g/mol. The van der Waals surface area contributed by atoms with Gasteiger partial charge in [-0.1, -0.05) is 41.9 Å². The molecule has 1 atom stereocenters. The highest BCUT2D eigenvalue weighted by Crippen LogP contribution is 2.33. The van der Waals surface area contributed by atoms with E-state index >= 15 is 0 Å². The molecule has 1 unspecified atom stereocenters. The molecule has 178 valence electrons. The number of alkyl halides is 2. The van der Waals surface area contributed by atoms with Crippen LogP contribution in [-0.2, 0) is 23.2 Å². The Balaban J connectivity index is 1.65. The van der Waals surface area contributed by atoms with E-state index in [1.807, 2.05) is 30.3 Å². The Morgan fingerprint density at radius 2 is 1.94 bits per heavy atom. The predicted molar refractivity (Wildman–Crippen MR) is 124 cm³/mol. The zero-order chi connectivity index (χ0) is 24.2. The molecule has 34 heavy (non-hydrogen) atoms. The highest BCUT2D eigenvalue weighted by molar-refractivity contribution is 7.84. The lowest BCUT2D eigenvalue weighted by atomic mass is 10.2. The number of methoxy groups -OCH3 is 1. The lowest BCUT2D eigenvalue weighted by molar-refractivity contribution is -0.136. The maximum atomic E-state index is 13.2. The molecule has 11 heteroatoms. The summed E-state index contributed by atoms with van der Waals surface area (Å²) in [6.45, 7) is -1.08. The highest BCUT2D eigenvalue weighted by Gasteiger charge is 2.23. The summed E-state index contributed by atoms with van der Waals surface area (Å²) in [4.78, 5) is 13.2. The molecule has 0 saturated carbocycles. The third-order valence-electron chi connectivity index (χ3n) is 4.98. The summed E-state index contributed by atoms with van der Waals surface area (Å²) >= 11 is 5.99. The summed E-state index contributed by atoms with van der Waals surface area (Å²) in [7, 11) is -0.378. The first kappa shape index (κ1) is 23.9. The molecule has 0 radical (unpaired) electrons. The summed E-state index contributed by atoms with van der Waals surface area (Å²) in [5, 5.41) is 0.181. The van der Waals surface area contributed by atoms with Gasteiger partial charge in [0.1, 0.15) is 12.1 Å². The number of benzene rings is 2. The Hall–Kier alpha value is -3.24. The van der Waals surface area contributed by atoms with Gasteiger partial charge in [0, 0.05) is 10.6 Å². The summed E-state index contributed by atoms with van der Waals surface area (Å²) in [5.41, 5.74) is 2.52. The van der Waals surface area contributed by atoms with Crippen molar-refractivity contribution in [3.8, 4) is 11.5 Å². The van der Waals surface area contributed by atoms with E-state index < -0.39 is 17.4 Å². The predicted octanol–water partition coefficient (Wildman–Crippen LogP) is 4.94. The van der Waals surface area contributed by atoms with Gasteiger partial charge in [-0.05, 0) is 30.7 Å². The molecule has 0 saturated heterocycles. The van der Waals surface area contributed by atoms with Crippen LogP contribution in [0.15, 0.2) is 59.9 Å². The number of aromatic nitrogens is 3. The molecule has 2 aromatic carbocycles. The lowest BCUT2D eigenvalue weighted by Crippen LogP contribution is -2.20. The second-order valence-electron chi connectivity index (χ2n) is 7.18. The number of halogens is 3. The van der Waals surface area contributed by atoms with E-state index in [0.29, 0.717) is 34.4 Å². The van der Waals surface area contributed by atoms with Gasteiger partial charge in [-0.15, -0.1) is 4.73 Å². The van der Waals surface area contributed by atoms with Crippen molar-refractivity contribution in [2.45, 2.75) is 31.1 Å². The number of imidazole rings is 1. The van der Waals surface area contributed by atoms with Crippen LogP contribution in [0.3, 0.4) is 0 Å². The number of hydrogen-bond donors (Lipinski definition) is 0. The molecule has 0 aliphatic carbocycles. The van der Waals surface area contributed by atoms with E-state index in [-0.39, 0.29) is 21.9 Å². The van der Waals surface area contributed by atoms with Crippen molar-refractivity contribution in [3.63, 3.8) is 0 Å². The van der Waals surface area contributed by atoms with E-state index in [1.54, 1.807) is 6.92 Å². The molecular formula is C23H20ClF2N3O4S. The quantitative estimate of drug-likeness (QED) is 0.319. The van der Waals surface area contributed by atoms with Crippen molar-refractivity contribution in [3.05, 3.63) is 76.6 Å². The van der Waals surface area contributed by atoms with Crippen LogP contribution in [0.4, 0.5) is 8.78 Å². The fraction of sp³-hybridized carbons (Fsp3) is 0.217. The zero-order valence-electron chi connectivity index (χ0n) is 18.2. The molecule has 2 aromatic heterocycles. The van der Waals surface area contributed by atoms with E-state index in [9.17, 15) is 13.0 Å². The molecule has 4 aromatic rings. The molecule has 2 heterocycles. The molecule has 0 amide bonds. The van der Waals surface area contributed by atoms with Crippen LogP contribution in [0.2, 0.25) is 5.02 Å². The van der Waals surface area contributed by atoms with Crippen molar-refractivity contribution in [2.75, 3.05) is 7.11 Å². The Morgan fingerprint density at radius 1 is 1.18 bits per heavy atom. The largest absolute Gasteiger partial charge is 0.491 e. The summed E-state index contributed by atoms with van der Waals surface area (Å²) in [6.07, 6.45) is 1.47. The van der Waals surface area contributed by atoms with Crippen LogP contribution in [0.5, 0.6) is 11.5 Å². The average molecular weight is 508 g/mol. The fourth-order valence-corrected chi connectivity index (χ4v) is 4.69. The van der Waals surface area contributed by atoms with E-state index in [0.717, 1.165) is 10.3 Å². The molecule has 0 aliphatic rings. The first-order valence-corrected chi connectivity index (χ1v) is 11.8. The number of rotatable bonds is 9. The van der Waals surface area contributed by atoms with E-state index in [1.165, 1.54) is 31.5 Å². The summed E-state index contributed by atoms with van der Waals surface area (Å²) in [5.74, 6) is 0.768. The van der Waals surface area contributed by atoms with Crippen molar-refractivity contribution in [2.24, 2.45) is 0 Å². The number of pyridine rings is 1. The summed E-state index contributed by atoms with van der Waals surface area (Å²) in [6, 6.07) is 14.0. The second kappa shape index (κ2) is 10.4. The monoisotopic (exact) mass is 507 g/mol. The van der Waals surface area contributed by atoms with Gasteiger partial charge in [-0.2, -0.15) is 8.78 Å². The van der Waals surface area contributed by atoms with Crippen LogP contribution in [0.1, 0.15) is 16.8 Å². The first-order valence-electron chi connectivity index (χ1n) is 10.1. The number of fused-ring (bicyclic) bond motifs is 1. The molecule has 0 spiro atoms. The van der Waals surface area contributed by atoms with Crippen LogP contribution in [0, 0.1) is 6.92 Å². The van der Waals surface area contributed by atoms with Gasteiger partial charge in [0.15, 0.2) is 11.5 Å². The average Bonchev–Trinajstić information content (AvgIpc) is 3.16. The highest BCUT2D eigenvalue weighted by atomic mass is 35.5. The Kier molecular flexibility index (Phi) is 7.28. The zero-order valence-corrected chi connectivity index (χ0v) is 19.8. The molecule has 7 nitrogen and oxygen atoms in total. The van der Waals surface area contributed by atoms with Crippen LogP contribution in [-0.4, -0.2) is 32.6 Å². The normalized spacial score (nSPS) is 12.2. The van der Waals surface area contributed by atoms with Crippen LogP contribution < -0.4 is 14.3 Å². The number of nitrogens with zero attached hydrogens (tertiary/aromatic N) is 3. The molecule has 4 rings (SSSR count). The fourth-order valence-electron chi connectivity index (χ4n) is 3.33. The standard InChI is InChI=1S/C23H20ClF2N3O4S/c1-14-18(27-11-20(31-2)21(14)32-12-15-6-4-3-5-7-15)13-34(30)23-28-17-10-16(24)8-9-19(17)29(23)33-22(25)26/h3-11,22H,12-13H2,1-2H3. The van der Waals surface area contributed by atoms with Crippen LogP contribution >= 0.6 is 11.6 Å². The van der Waals surface area contributed by atoms with Gasteiger partial charge in [-0.25, -0.2) is 4.98 Å². The van der Waals surface area contributed by atoms with Gasteiger partial charge in [0.2, 0.25) is 5.16 Å². The van der Waals surface area contributed by atoms with Gasteiger partial charge in [0.25, 0.3) is 0 Å². The minimum Gasteiger partial charge on any atom is -0.491 e. The topological polar surface area (TPSA) is 75.5 Å². The maximum absolute atomic E-state index is 13.2. The lowest BCUT2D eigenvalue weighted by Gasteiger charge is -2.16. The third kappa shape index (κ3) is 5.13. The Bertz CT molecular complexity index is 1340. The van der Waals surface area contributed by atoms with Crippen molar-refractivity contribution >= 4 is 33.4 Å². The van der Waals surface area contributed by atoms with Crippen molar-refractivity contribution in [1.82, 2.24) is 14.7 Å². The number of ether oxygens (including phenoxy) is 2. The van der Waals surface area contributed by atoms with Crippen LogP contribution in [0.25, 0.3) is 11.0 Å². The first-order chi connectivity index (χ1) is 16.4. The minimum absolute atomic E-state index is 0.110. The maximum Gasteiger partial charge on any atom is 0.405 e. The minimum atomic E-state index is -3.14. The third-order valence-corrected chi connectivity index (χ3v) is 6.42. The SMILES string of the molecule is COc1cnc(CS(=O)c2nc3cc(Cl)ccc3n2OC(F)F)c(C)c1OCc1ccccc1. The smallest absolute Gasteiger partial charge is 0.405 e. The van der Waals surface area contributed by atoms with Crippen molar-refractivity contribution in [1.29, 1.82) is 0 Å². The van der Waals surface area contributed by atoms with Crippen molar-refractivity contribution < 1.29 is 27.3 Å². The van der Waals surface area contributed by atoms with Gasteiger partial charge in [0.05, 0.1) is 41.1 Å². The van der Waals surface area contributed by atoms with Gasteiger partial charge < -0.3 is 14.3 Å². The second-order valence-corrected chi connectivity index (χ2v) is 8.96. The van der Waals surface area contributed by atoms with E-state index in [4.69, 9.17) is 21.1 Å². The van der Waals surface area contributed by atoms with Gasteiger partial charge >= 0.3 is 6.61 Å². The molecule has 0 aliphatic heterocycles. The Morgan fingerprint density at radius 3 is 2.65 bits per heavy atom. The van der Waals surface area contributed by atoms with E-state index in [2.05, 4.69) is 14.8 Å². The molecule has 0 bridgehead atoms. The Labute approximate surface area is 201 Å².